The van der Waals surface area contributed by atoms with Gasteiger partial charge in [0.1, 0.15) is 0 Å². The van der Waals surface area contributed by atoms with Crippen LogP contribution in [0.2, 0.25) is 0 Å². The van der Waals surface area contributed by atoms with Crippen molar-refractivity contribution in [2.45, 2.75) is 41.5 Å². The summed E-state index contributed by atoms with van der Waals surface area (Å²) in [6.45, 7) is 14.6. The zero-order chi connectivity index (χ0) is 14.2. The van der Waals surface area contributed by atoms with Crippen LogP contribution in [0.4, 0.5) is 0 Å². The van der Waals surface area contributed by atoms with E-state index in [4.69, 9.17) is 11.4 Å². The summed E-state index contributed by atoms with van der Waals surface area (Å²) in [4.78, 5) is 0. The second kappa shape index (κ2) is 9.59. The fraction of sp³-hybridized carbons (Fsp3) is 1.00. The molecule has 0 heterocycles. The van der Waals surface area contributed by atoms with Gasteiger partial charge in [-0.3, -0.25) is 0 Å². The SMILES string of the molecule is C[O][Hf]([O]CC(C)C)([O]CC(C)C)[O]CC(C)C. The van der Waals surface area contributed by atoms with Crippen LogP contribution in [0.1, 0.15) is 41.5 Å². The fourth-order valence-corrected chi connectivity index (χ4v) is 9.07. The summed E-state index contributed by atoms with van der Waals surface area (Å²) in [7, 11) is 1.64. The minimum atomic E-state index is -3.92. The molecule has 0 aliphatic rings. The van der Waals surface area contributed by atoms with Crippen LogP contribution >= 0.6 is 0 Å². The number of rotatable bonds is 10. The third-order valence-electron chi connectivity index (χ3n) is 2.03. The Balaban J connectivity index is 4.49. The van der Waals surface area contributed by atoms with E-state index in [9.17, 15) is 0 Å². The molecule has 0 amide bonds. The molecular weight excluding hydrogens is 399 g/mol. The van der Waals surface area contributed by atoms with Crippen LogP contribution in [0.3, 0.4) is 0 Å². The van der Waals surface area contributed by atoms with Gasteiger partial charge in [-0.05, 0) is 0 Å². The molecule has 0 spiro atoms. The van der Waals surface area contributed by atoms with Crippen LogP contribution in [-0.2, 0) is 33.1 Å². The molecule has 4 nitrogen and oxygen atoms in total. The van der Waals surface area contributed by atoms with Gasteiger partial charge in [0.25, 0.3) is 0 Å². The van der Waals surface area contributed by atoms with Gasteiger partial charge >= 0.3 is 119 Å². The summed E-state index contributed by atoms with van der Waals surface area (Å²) >= 11 is -3.92. The summed E-state index contributed by atoms with van der Waals surface area (Å²) in [5.74, 6) is 1.35. The zero-order valence-electron chi connectivity index (χ0n) is 13.0. The normalized spacial score (nSPS) is 13.0. The van der Waals surface area contributed by atoms with Crippen LogP contribution in [-0.4, -0.2) is 26.9 Å². The summed E-state index contributed by atoms with van der Waals surface area (Å²) in [5.41, 5.74) is 0. The summed E-state index contributed by atoms with van der Waals surface area (Å²) < 4.78 is 23.2. The Labute approximate surface area is 119 Å². The molecule has 0 saturated heterocycles. The number of hydrogen-bond acceptors (Lipinski definition) is 4. The summed E-state index contributed by atoms with van der Waals surface area (Å²) in [6, 6.07) is 0. The summed E-state index contributed by atoms with van der Waals surface area (Å²) in [5, 5.41) is 0. The van der Waals surface area contributed by atoms with Crippen molar-refractivity contribution in [2.75, 3.05) is 26.9 Å². The van der Waals surface area contributed by atoms with Gasteiger partial charge in [0.2, 0.25) is 0 Å². The Morgan fingerprint density at radius 3 is 1.11 bits per heavy atom. The first-order valence-corrected chi connectivity index (χ1v) is 12.6. The molecule has 110 valence electrons. The summed E-state index contributed by atoms with van der Waals surface area (Å²) in [6.07, 6.45) is 0. The maximum atomic E-state index is 5.90. The average Bonchev–Trinajstić information content (AvgIpc) is 2.28. The van der Waals surface area contributed by atoms with Gasteiger partial charge in [-0.1, -0.05) is 0 Å². The Morgan fingerprint density at radius 1 is 0.667 bits per heavy atom. The molecule has 0 saturated carbocycles. The van der Waals surface area contributed by atoms with Crippen molar-refractivity contribution in [3.05, 3.63) is 0 Å². The average molecular weight is 429 g/mol. The van der Waals surface area contributed by atoms with Gasteiger partial charge in [0.05, 0.1) is 0 Å². The van der Waals surface area contributed by atoms with E-state index in [2.05, 4.69) is 41.5 Å². The van der Waals surface area contributed by atoms with Crippen LogP contribution in [0.5, 0.6) is 0 Å². The van der Waals surface area contributed by atoms with E-state index in [0.717, 1.165) is 0 Å². The molecule has 0 rings (SSSR count). The van der Waals surface area contributed by atoms with Gasteiger partial charge < -0.3 is 0 Å². The van der Waals surface area contributed by atoms with Gasteiger partial charge in [-0.2, -0.15) is 0 Å². The van der Waals surface area contributed by atoms with E-state index >= 15 is 0 Å². The first-order chi connectivity index (χ1) is 8.31. The Kier molecular flexibility index (Phi) is 9.97. The third kappa shape index (κ3) is 8.75. The molecule has 0 atom stereocenters. The van der Waals surface area contributed by atoms with E-state index < -0.39 is 21.7 Å². The Bertz CT molecular complexity index is 176. The fourth-order valence-electron chi connectivity index (χ4n) is 1.11. The number of hydrogen-bond donors (Lipinski definition) is 0. The van der Waals surface area contributed by atoms with E-state index in [1.165, 1.54) is 0 Å². The first-order valence-electron chi connectivity index (χ1n) is 6.78. The second-order valence-electron chi connectivity index (χ2n) is 5.82. The quantitative estimate of drug-likeness (QED) is 0.499. The monoisotopic (exact) mass is 430 g/mol. The van der Waals surface area contributed by atoms with Crippen LogP contribution < -0.4 is 0 Å². The predicted octanol–water partition coefficient (Wildman–Crippen LogP) is 3.46. The van der Waals surface area contributed by atoms with Crippen molar-refractivity contribution in [3.63, 3.8) is 0 Å². The molecule has 18 heavy (non-hydrogen) atoms. The van der Waals surface area contributed by atoms with Crippen molar-refractivity contribution < 1.29 is 33.1 Å². The molecule has 0 aromatic carbocycles. The van der Waals surface area contributed by atoms with Crippen molar-refractivity contribution in [3.8, 4) is 0 Å². The van der Waals surface area contributed by atoms with Crippen LogP contribution in [0.25, 0.3) is 0 Å². The maximum absolute atomic E-state index is 5.90. The van der Waals surface area contributed by atoms with Gasteiger partial charge in [0.15, 0.2) is 0 Å². The molecule has 0 aliphatic heterocycles. The molecule has 0 aromatic rings. The van der Waals surface area contributed by atoms with Crippen molar-refractivity contribution in [1.82, 2.24) is 0 Å². The molecule has 5 heteroatoms. The van der Waals surface area contributed by atoms with Gasteiger partial charge in [-0.15, -0.1) is 0 Å². The first kappa shape index (κ1) is 18.7. The second-order valence-corrected chi connectivity index (χ2v) is 14.0. The van der Waals surface area contributed by atoms with Crippen LogP contribution in [0.15, 0.2) is 0 Å². The topological polar surface area (TPSA) is 36.9 Å². The van der Waals surface area contributed by atoms with E-state index in [0.29, 0.717) is 37.6 Å². The molecule has 0 radical (unpaired) electrons. The molecular formula is C13H30HfO4. The van der Waals surface area contributed by atoms with E-state index in [1.54, 1.807) is 7.11 Å². The van der Waals surface area contributed by atoms with Crippen molar-refractivity contribution in [1.29, 1.82) is 0 Å². The molecule has 0 aliphatic carbocycles. The standard InChI is InChI=1S/3C4H9O.CH3O.Hf/c3*1-4(2)3-5;1-2;/h3*4H,3H2,1-2H3;1H3;/q4*-1;+4. The molecule has 0 aromatic heterocycles. The van der Waals surface area contributed by atoms with Gasteiger partial charge in [0, 0.05) is 0 Å². The molecule has 0 N–H and O–H groups in total. The van der Waals surface area contributed by atoms with E-state index in [-0.39, 0.29) is 0 Å². The van der Waals surface area contributed by atoms with E-state index in [1.807, 2.05) is 0 Å². The molecule has 0 fully saturated rings. The minimum absolute atomic E-state index is 0.449. The van der Waals surface area contributed by atoms with Crippen molar-refractivity contribution in [2.24, 2.45) is 17.8 Å². The Morgan fingerprint density at radius 2 is 0.944 bits per heavy atom. The zero-order valence-corrected chi connectivity index (χ0v) is 16.6. The van der Waals surface area contributed by atoms with Gasteiger partial charge in [-0.25, -0.2) is 0 Å². The predicted molar refractivity (Wildman–Crippen MR) is 69.4 cm³/mol. The molecule has 0 unspecified atom stereocenters. The van der Waals surface area contributed by atoms with Crippen LogP contribution in [0, 0.1) is 17.8 Å². The van der Waals surface area contributed by atoms with Crippen molar-refractivity contribution >= 4 is 0 Å². The Hall–Kier alpha value is 0.710. The molecule has 0 bridgehead atoms. The third-order valence-corrected chi connectivity index (χ3v) is 9.43.